The molecular weight excluding hydrogens is 462 g/mol. The molecule has 1 aliphatic rings. The molecule has 33 heavy (non-hydrogen) atoms. The summed E-state index contributed by atoms with van der Waals surface area (Å²) in [7, 11) is 3.13. The summed E-state index contributed by atoms with van der Waals surface area (Å²) in [6.07, 6.45) is 0.490. The molecule has 2 heterocycles. The number of Topliss-reactive ketones (excluding diaryl/α,β-unsaturated/α-hetero) is 1. The summed E-state index contributed by atoms with van der Waals surface area (Å²) in [4.78, 5) is 28.3. The van der Waals surface area contributed by atoms with E-state index in [9.17, 15) is 14.7 Å². The molecule has 1 aromatic heterocycles. The van der Waals surface area contributed by atoms with Gasteiger partial charge in [0.1, 0.15) is 0 Å². The van der Waals surface area contributed by atoms with Crippen LogP contribution >= 0.6 is 22.9 Å². The van der Waals surface area contributed by atoms with Gasteiger partial charge >= 0.3 is 0 Å². The topological polar surface area (TPSA) is 76.1 Å². The smallest absolute Gasteiger partial charge is 0.290 e. The molecule has 6 nitrogen and oxygen atoms in total. The molecular formula is C25H22ClNO5S. The van der Waals surface area contributed by atoms with Crippen molar-refractivity contribution in [3.05, 3.63) is 92.3 Å². The van der Waals surface area contributed by atoms with Gasteiger partial charge in [0.15, 0.2) is 17.3 Å². The van der Waals surface area contributed by atoms with Crippen molar-refractivity contribution in [1.82, 2.24) is 4.90 Å². The second kappa shape index (κ2) is 9.68. The average Bonchev–Trinajstić information content (AvgIpc) is 3.45. The summed E-state index contributed by atoms with van der Waals surface area (Å²) in [5.74, 6) is -0.243. The summed E-state index contributed by atoms with van der Waals surface area (Å²) >= 11 is 7.33. The molecule has 0 saturated carbocycles. The first-order chi connectivity index (χ1) is 15.9. The highest BCUT2D eigenvalue weighted by Crippen LogP contribution is 2.40. The average molecular weight is 484 g/mol. The fraction of sp³-hybridized carbons (Fsp3) is 0.200. The molecule has 0 unspecified atom stereocenters. The number of halogens is 1. The van der Waals surface area contributed by atoms with E-state index in [2.05, 4.69) is 0 Å². The molecule has 0 fully saturated rings. The fourth-order valence-electron chi connectivity index (χ4n) is 3.93. The molecule has 170 valence electrons. The molecule has 2 aromatic carbocycles. The number of ether oxygens (including phenoxy) is 2. The van der Waals surface area contributed by atoms with Crippen LogP contribution in [0.2, 0.25) is 5.02 Å². The van der Waals surface area contributed by atoms with Crippen LogP contribution in [-0.4, -0.2) is 42.5 Å². The molecule has 0 radical (unpaired) electrons. The quantitative estimate of drug-likeness (QED) is 0.443. The zero-order chi connectivity index (χ0) is 23.5. The highest BCUT2D eigenvalue weighted by atomic mass is 35.5. The van der Waals surface area contributed by atoms with Gasteiger partial charge < -0.3 is 19.5 Å². The van der Waals surface area contributed by atoms with Gasteiger partial charge in [-0.15, -0.1) is 11.3 Å². The van der Waals surface area contributed by atoms with Gasteiger partial charge in [-0.05, 0) is 53.3 Å². The first kappa shape index (κ1) is 22.9. The lowest BCUT2D eigenvalue weighted by Gasteiger charge is -2.27. The van der Waals surface area contributed by atoms with Gasteiger partial charge in [0.05, 0.1) is 30.7 Å². The Bertz CT molecular complexity index is 1200. The molecule has 0 spiro atoms. The molecule has 4 rings (SSSR count). The molecule has 1 N–H and O–H groups in total. The highest BCUT2D eigenvalue weighted by Gasteiger charge is 2.43. The molecule has 3 aromatic rings. The van der Waals surface area contributed by atoms with E-state index in [0.717, 1.165) is 5.56 Å². The number of hydrogen-bond donors (Lipinski definition) is 1. The van der Waals surface area contributed by atoms with Crippen LogP contribution in [0.3, 0.4) is 0 Å². The van der Waals surface area contributed by atoms with Crippen molar-refractivity contribution in [1.29, 1.82) is 0 Å². The highest BCUT2D eigenvalue weighted by molar-refractivity contribution is 7.12. The van der Waals surface area contributed by atoms with Crippen molar-refractivity contribution in [2.75, 3.05) is 20.8 Å². The number of hydrogen-bond acceptors (Lipinski definition) is 6. The lowest BCUT2D eigenvalue weighted by Crippen LogP contribution is -2.33. The van der Waals surface area contributed by atoms with E-state index in [-0.39, 0.29) is 17.9 Å². The van der Waals surface area contributed by atoms with Gasteiger partial charge in [-0.2, -0.15) is 0 Å². The number of amides is 1. The van der Waals surface area contributed by atoms with Crippen LogP contribution in [0, 0.1) is 0 Å². The molecule has 0 aliphatic carbocycles. The molecule has 1 aliphatic heterocycles. The van der Waals surface area contributed by atoms with Gasteiger partial charge in [0, 0.05) is 11.6 Å². The summed E-state index contributed by atoms with van der Waals surface area (Å²) in [6.45, 7) is 0.285. The Kier molecular flexibility index (Phi) is 6.72. The minimum atomic E-state index is -0.718. The van der Waals surface area contributed by atoms with E-state index in [1.807, 2.05) is 12.1 Å². The van der Waals surface area contributed by atoms with Crippen molar-refractivity contribution >= 4 is 34.6 Å². The first-order valence-electron chi connectivity index (χ1n) is 10.2. The number of aliphatic hydroxyl groups is 1. The standard InChI is InChI=1S/C25H22ClNO5S/c1-31-18-10-5-15(14-19(18)32-2)11-12-27-22(16-6-8-17(26)9-7-16)21(24(29)25(27)30)23(28)20-4-3-13-33-20/h3-10,13-14,22,29H,11-12H2,1-2H3/t22-/m0/s1. The van der Waals surface area contributed by atoms with Gasteiger partial charge in [-0.3, -0.25) is 9.59 Å². The van der Waals surface area contributed by atoms with Crippen molar-refractivity contribution in [2.45, 2.75) is 12.5 Å². The molecule has 1 amide bonds. The van der Waals surface area contributed by atoms with E-state index in [1.165, 1.54) is 16.2 Å². The fourth-order valence-corrected chi connectivity index (χ4v) is 4.74. The zero-order valence-corrected chi connectivity index (χ0v) is 19.7. The summed E-state index contributed by atoms with van der Waals surface area (Å²) in [5, 5.41) is 13.1. The molecule has 1 atom stereocenters. The first-order valence-corrected chi connectivity index (χ1v) is 11.5. The van der Waals surface area contributed by atoms with Crippen molar-refractivity contribution in [3.8, 4) is 11.5 Å². The van der Waals surface area contributed by atoms with Gasteiger partial charge in [0.25, 0.3) is 5.91 Å². The van der Waals surface area contributed by atoms with Crippen molar-refractivity contribution < 1.29 is 24.2 Å². The Labute approximate surface area is 200 Å². The van der Waals surface area contributed by atoms with Gasteiger partial charge in [-0.1, -0.05) is 35.9 Å². The number of methoxy groups -OCH3 is 2. The normalized spacial score (nSPS) is 15.8. The number of thiophene rings is 1. The maximum absolute atomic E-state index is 13.2. The van der Waals surface area contributed by atoms with Crippen molar-refractivity contribution in [2.24, 2.45) is 0 Å². The molecule has 8 heteroatoms. The van der Waals surface area contributed by atoms with Crippen LogP contribution in [0.5, 0.6) is 11.5 Å². The minimum absolute atomic E-state index is 0.0806. The largest absolute Gasteiger partial charge is 0.503 e. The van der Waals surface area contributed by atoms with E-state index >= 15 is 0 Å². The Balaban J connectivity index is 1.67. The summed E-state index contributed by atoms with van der Waals surface area (Å²) in [6, 6.07) is 15.2. The van der Waals surface area contributed by atoms with E-state index in [4.69, 9.17) is 21.1 Å². The van der Waals surface area contributed by atoms with Crippen LogP contribution in [-0.2, 0) is 11.2 Å². The second-order valence-corrected chi connectivity index (χ2v) is 8.84. The SMILES string of the molecule is COc1ccc(CCN2C(=O)C(O)=C(C(=O)c3cccs3)[C@@H]2c2ccc(Cl)cc2)cc1OC. The third kappa shape index (κ3) is 4.47. The number of benzene rings is 2. The lowest BCUT2D eigenvalue weighted by molar-refractivity contribution is -0.129. The van der Waals surface area contributed by atoms with Crippen LogP contribution in [0.25, 0.3) is 0 Å². The van der Waals surface area contributed by atoms with E-state index in [0.29, 0.717) is 33.4 Å². The number of nitrogens with zero attached hydrogens (tertiary/aromatic N) is 1. The van der Waals surface area contributed by atoms with Crippen molar-refractivity contribution in [3.63, 3.8) is 0 Å². The Morgan fingerprint density at radius 1 is 1.09 bits per heavy atom. The predicted octanol–water partition coefficient (Wildman–Crippen LogP) is 5.24. The second-order valence-electron chi connectivity index (χ2n) is 7.46. The Hall–Kier alpha value is -3.29. The summed E-state index contributed by atoms with van der Waals surface area (Å²) < 4.78 is 10.7. The van der Waals surface area contributed by atoms with E-state index in [1.54, 1.807) is 62.1 Å². The number of carbonyl (C=O) groups is 2. The number of rotatable bonds is 8. The van der Waals surface area contributed by atoms with Crippen LogP contribution in [0.1, 0.15) is 26.8 Å². The number of carbonyl (C=O) groups excluding carboxylic acids is 2. The monoisotopic (exact) mass is 483 g/mol. The third-order valence-corrected chi connectivity index (χ3v) is 6.69. The minimum Gasteiger partial charge on any atom is -0.503 e. The lowest BCUT2D eigenvalue weighted by atomic mass is 9.95. The zero-order valence-electron chi connectivity index (χ0n) is 18.1. The van der Waals surface area contributed by atoms with Crippen LogP contribution in [0.4, 0.5) is 0 Å². The number of ketones is 1. The van der Waals surface area contributed by atoms with E-state index < -0.39 is 17.7 Å². The van der Waals surface area contributed by atoms with Gasteiger partial charge in [0.2, 0.25) is 5.78 Å². The molecule has 0 bridgehead atoms. The Morgan fingerprint density at radius 2 is 1.82 bits per heavy atom. The van der Waals surface area contributed by atoms with Crippen LogP contribution < -0.4 is 9.47 Å². The van der Waals surface area contributed by atoms with Crippen LogP contribution in [0.15, 0.2) is 71.3 Å². The third-order valence-electron chi connectivity index (χ3n) is 5.57. The van der Waals surface area contributed by atoms with Gasteiger partial charge in [-0.25, -0.2) is 0 Å². The predicted molar refractivity (Wildman–Crippen MR) is 127 cm³/mol. The summed E-state index contributed by atoms with van der Waals surface area (Å²) in [5.41, 5.74) is 1.70. The maximum atomic E-state index is 13.2. The maximum Gasteiger partial charge on any atom is 0.290 e. The number of aliphatic hydroxyl groups excluding tert-OH is 1. The Morgan fingerprint density at radius 3 is 2.45 bits per heavy atom. The molecule has 0 saturated heterocycles.